The maximum atomic E-state index is 11.4. The van der Waals surface area contributed by atoms with Crippen molar-refractivity contribution < 1.29 is 9.53 Å². The predicted octanol–water partition coefficient (Wildman–Crippen LogP) is 3.24. The lowest BCUT2D eigenvalue weighted by molar-refractivity contribution is -0.118. The van der Waals surface area contributed by atoms with Crippen molar-refractivity contribution in [2.75, 3.05) is 21.2 Å². The van der Waals surface area contributed by atoms with Crippen molar-refractivity contribution in [1.29, 1.82) is 0 Å². The molecule has 0 spiro atoms. The molecule has 0 fully saturated rings. The normalized spacial score (nSPS) is 12.6. The fourth-order valence-electron chi connectivity index (χ4n) is 1.95. The molecule has 1 aromatic carbocycles. The summed E-state index contributed by atoms with van der Waals surface area (Å²) in [5, 5.41) is 0.696. The van der Waals surface area contributed by atoms with E-state index in [2.05, 4.69) is 0 Å². The molecule has 1 aromatic rings. The van der Waals surface area contributed by atoms with E-state index in [-0.39, 0.29) is 11.8 Å². The number of benzene rings is 1. The van der Waals surface area contributed by atoms with Crippen molar-refractivity contribution in [3.8, 4) is 5.75 Å². The van der Waals surface area contributed by atoms with Gasteiger partial charge in [-0.2, -0.15) is 0 Å². The third kappa shape index (κ3) is 3.47. The van der Waals surface area contributed by atoms with Gasteiger partial charge in [-0.1, -0.05) is 11.6 Å². The van der Waals surface area contributed by atoms with Gasteiger partial charge in [0.1, 0.15) is 11.5 Å². The Hall–Kier alpha value is -1.06. The lowest BCUT2D eigenvalue weighted by Gasteiger charge is -2.26. The Labute approximate surface area is 114 Å². The van der Waals surface area contributed by atoms with Crippen LogP contribution in [0, 0.1) is 6.92 Å². The molecule has 4 heteroatoms. The summed E-state index contributed by atoms with van der Waals surface area (Å²) < 4.78 is 5.40. The molecule has 18 heavy (non-hydrogen) atoms. The minimum atomic E-state index is -0.0180. The number of carbonyl (C=O) groups is 1. The highest BCUT2D eigenvalue weighted by Gasteiger charge is 2.21. The molecule has 0 saturated heterocycles. The Balaban J connectivity index is 3.26. The van der Waals surface area contributed by atoms with E-state index in [9.17, 15) is 4.79 Å². The molecule has 0 aliphatic heterocycles. The number of hydrogen-bond donors (Lipinski definition) is 0. The maximum Gasteiger partial charge on any atom is 0.131 e. The number of hydrogen-bond acceptors (Lipinski definition) is 3. The van der Waals surface area contributed by atoms with Gasteiger partial charge in [0.2, 0.25) is 0 Å². The fourth-order valence-corrected chi connectivity index (χ4v) is 2.12. The zero-order valence-electron chi connectivity index (χ0n) is 11.6. The fraction of sp³-hybridized carbons (Fsp3) is 0.500. The van der Waals surface area contributed by atoms with Crippen LogP contribution in [0.4, 0.5) is 0 Å². The molecule has 0 heterocycles. The van der Waals surface area contributed by atoms with Gasteiger partial charge >= 0.3 is 0 Å². The summed E-state index contributed by atoms with van der Waals surface area (Å²) in [6, 6.07) is 3.79. The first-order chi connectivity index (χ1) is 8.36. The molecule has 0 amide bonds. The molecule has 0 aliphatic rings. The minimum Gasteiger partial charge on any atom is -0.496 e. The van der Waals surface area contributed by atoms with Crippen LogP contribution in [0.15, 0.2) is 12.1 Å². The molecule has 0 aliphatic carbocycles. The topological polar surface area (TPSA) is 29.5 Å². The highest BCUT2D eigenvalue weighted by atomic mass is 35.5. The molecule has 0 radical (unpaired) electrons. The SMILES string of the molecule is COc1cc(C)c(Cl)cc1C(CC(C)=O)N(C)C. The van der Waals surface area contributed by atoms with Gasteiger partial charge in [0.05, 0.1) is 7.11 Å². The molecule has 3 nitrogen and oxygen atoms in total. The van der Waals surface area contributed by atoms with Crippen molar-refractivity contribution >= 4 is 17.4 Å². The van der Waals surface area contributed by atoms with Gasteiger partial charge in [-0.25, -0.2) is 0 Å². The van der Waals surface area contributed by atoms with Crippen molar-refractivity contribution in [2.45, 2.75) is 26.3 Å². The Morgan fingerprint density at radius 2 is 2.06 bits per heavy atom. The molecular weight excluding hydrogens is 250 g/mol. The van der Waals surface area contributed by atoms with Crippen LogP contribution in [0.2, 0.25) is 5.02 Å². The Morgan fingerprint density at radius 3 is 2.50 bits per heavy atom. The third-order valence-electron chi connectivity index (χ3n) is 2.97. The molecule has 0 bridgehead atoms. The average molecular weight is 270 g/mol. The van der Waals surface area contributed by atoms with E-state index < -0.39 is 0 Å². The van der Waals surface area contributed by atoms with E-state index in [4.69, 9.17) is 16.3 Å². The van der Waals surface area contributed by atoms with E-state index in [0.717, 1.165) is 16.9 Å². The van der Waals surface area contributed by atoms with E-state index in [1.165, 1.54) is 0 Å². The van der Waals surface area contributed by atoms with Crippen LogP contribution in [-0.4, -0.2) is 31.9 Å². The molecule has 0 aromatic heterocycles. The molecule has 0 N–H and O–H groups in total. The zero-order valence-corrected chi connectivity index (χ0v) is 12.3. The van der Waals surface area contributed by atoms with Gasteiger partial charge in [0.15, 0.2) is 0 Å². The van der Waals surface area contributed by atoms with Crippen molar-refractivity contribution in [1.82, 2.24) is 4.90 Å². The van der Waals surface area contributed by atoms with Gasteiger partial charge in [-0.3, -0.25) is 4.79 Å². The van der Waals surface area contributed by atoms with E-state index in [1.54, 1.807) is 14.0 Å². The average Bonchev–Trinajstić information content (AvgIpc) is 2.28. The van der Waals surface area contributed by atoms with Gasteiger partial charge in [-0.15, -0.1) is 0 Å². The van der Waals surface area contributed by atoms with Crippen molar-refractivity contribution in [2.24, 2.45) is 0 Å². The summed E-state index contributed by atoms with van der Waals surface area (Å²) >= 11 is 6.17. The van der Waals surface area contributed by atoms with Crippen molar-refractivity contribution in [3.63, 3.8) is 0 Å². The first-order valence-corrected chi connectivity index (χ1v) is 6.24. The standard InChI is InChI=1S/C14H20ClNO2/c1-9-6-14(18-5)11(8-12(9)15)13(16(3)4)7-10(2)17/h6,8,13H,7H2,1-5H3. The third-order valence-corrected chi connectivity index (χ3v) is 3.38. The highest BCUT2D eigenvalue weighted by molar-refractivity contribution is 6.31. The minimum absolute atomic E-state index is 0.0180. The maximum absolute atomic E-state index is 11.4. The van der Waals surface area contributed by atoms with Crippen LogP contribution in [0.1, 0.15) is 30.5 Å². The number of ether oxygens (including phenoxy) is 1. The predicted molar refractivity (Wildman–Crippen MR) is 74.5 cm³/mol. The number of halogens is 1. The second kappa shape index (κ2) is 6.21. The van der Waals surface area contributed by atoms with Gasteiger partial charge in [-0.05, 0) is 45.6 Å². The van der Waals surface area contributed by atoms with E-state index in [1.807, 2.05) is 38.1 Å². The molecule has 1 rings (SSSR count). The molecule has 1 atom stereocenters. The summed E-state index contributed by atoms with van der Waals surface area (Å²) in [5.74, 6) is 0.921. The van der Waals surface area contributed by atoms with Gasteiger partial charge in [0.25, 0.3) is 0 Å². The second-order valence-electron chi connectivity index (χ2n) is 4.73. The summed E-state index contributed by atoms with van der Waals surface area (Å²) in [5.41, 5.74) is 1.92. The van der Waals surface area contributed by atoms with Crippen LogP contribution in [0.5, 0.6) is 5.75 Å². The first-order valence-electron chi connectivity index (χ1n) is 5.86. The zero-order chi connectivity index (χ0) is 13.9. The summed E-state index contributed by atoms with van der Waals surface area (Å²) in [6.07, 6.45) is 0.447. The Morgan fingerprint density at radius 1 is 1.44 bits per heavy atom. The lowest BCUT2D eigenvalue weighted by atomic mass is 9.98. The highest BCUT2D eigenvalue weighted by Crippen LogP contribution is 2.34. The number of ketones is 1. The van der Waals surface area contributed by atoms with Crippen LogP contribution < -0.4 is 4.74 Å². The largest absolute Gasteiger partial charge is 0.496 e. The molecule has 1 unspecified atom stereocenters. The molecular formula is C14H20ClNO2. The quantitative estimate of drug-likeness (QED) is 0.822. The number of aryl methyl sites for hydroxylation is 1. The van der Waals surface area contributed by atoms with Crippen LogP contribution >= 0.6 is 11.6 Å². The number of methoxy groups -OCH3 is 1. The number of Topliss-reactive ketones (excluding diaryl/α,β-unsaturated/α-hetero) is 1. The van der Waals surface area contributed by atoms with Crippen molar-refractivity contribution in [3.05, 3.63) is 28.3 Å². The summed E-state index contributed by atoms with van der Waals surface area (Å²) in [4.78, 5) is 13.4. The lowest BCUT2D eigenvalue weighted by Crippen LogP contribution is -2.22. The molecule has 100 valence electrons. The van der Waals surface area contributed by atoms with Crippen LogP contribution in [0.25, 0.3) is 0 Å². The van der Waals surface area contributed by atoms with Gasteiger partial charge in [0, 0.05) is 23.0 Å². The first kappa shape index (κ1) is 15.0. The van der Waals surface area contributed by atoms with Crippen LogP contribution in [-0.2, 0) is 4.79 Å². The number of rotatable bonds is 5. The smallest absolute Gasteiger partial charge is 0.131 e. The monoisotopic (exact) mass is 269 g/mol. The van der Waals surface area contributed by atoms with Gasteiger partial charge < -0.3 is 9.64 Å². The van der Waals surface area contributed by atoms with Crippen LogP contribution in [0.3, 0.4) is 0 Å². The number of carbonyl (C=O) groups excluding carboxylic acids is 1. The van der Waals surface area contributed by atoms with E-state index >= 15 is 0 Å². The Bertz CT molecular complexity index is 444. The number of nitrogens with zero attached hydrogens (tertiary/aromatic N) is 1. The summed E-state index contributed by atoms with van der Waals surface area (Å²) in [7, 11) is 5.52. The van der Waals surface area contributed by atoms with E-state index in [0.29, 0.717) is 11.4 Å². The second-order valence-corrected chi connectivity index (χ2v) is 5.14. The Kier molecular flexibility index (Phi) is 5.17. The summed E-state index contributed by atoms with van der Waals surface area (Å²) in [6.45, 7) is 3.53. The molecule has 0 saturated carbocycles.